The molecule has 1 aliphatic heterocycles. The van der Waals surface area contributed by atoms with E-state index in [9.17, 15) is 19.7 Å². The summed E-state index contributed by atoms with van der Waals surface area (Å²) in [6, 6.07) is 11.1. The Morgan fingerprint density at radius 1 is 1.07 bits per heavy atom. The first kappa shape index (κ1) is 19.5. The van der Waals surface area contributed by atoms with Gasteiger partial charge in [-0.2, -0.15) is 0 Å². The maximum absolute atomic E-state index is 12.9. The summed E-state index contributed by atoms with van der Waals surface area (Å²) in [5.74, 6) is -0.638. The van der Waals surface area contributed by atoms with Crippen molar-refractivity contribution < 1.29 is 14.5 Å². The predicted octanol–water partition coefficient (Wildman–Crippen LogP) is 2.54. The second-order valence-electron chi connectivity index (χ2n) is 6.85. The quantitative estimate of drug-likeness (QED) is 0.648. The van der Waals surface area contributed by atoms with Crippen molar-refractivity contribution in [2.75, 3.05) is 38.5 Å². The lowest BCUT2D eigenvalue weighted by atomic mass is 10.1. The number of para-hydroxylation sites is 1. The van der Waals surface area contributed by atoms with Gasteiger partial charge in [0.25, 0.3) is 17.5 Å². The number of nitro groups is 1. The summed E-state index contributed by atoms with van der Waals surface area (Å²) in [6.45, 7) is 4.47. The number of rotatable bonds is 4. The molecule has 0 radical (unpaired) electrons. The van der Waals surface area contributed by atoms with Gasteiger partial charge in [-0.05, 0) is 32.2 Å². The van der Waals surface area contributed by atoms with Crippen molar-refractivity contribution in [3.05, 3.63) is 69.3 Å². The molecule has 1 saturated heterocycles. The molecule has 2 amide bonds. The summed E-state index contributed by atoms with van der Waals surface area (Å²) in [5, 5.41) is 13.8. The van der Waals surface area contributed by atoms with Gasteiger partial charge < -0.3 is 15.1 Å². The second-order valence-corrected chi connectivity index (χ2v) is 6.85. The van der Waals surface area contributed by atoms with Crippen LogP contribution < -0.4 is 5.32 Å². The van der Waals surface area contributed by atoms with E-state index < -0.39 is 10.8 Å². The zero-order valence-corrected chi connectivity index (χ0v) is 15.8. The highest BCUT2D eigenvalue weighted by Gasteiger charge is 2.23. The molecule has 2 aromatic carbocycles. The van der Waals surface area contributed by atoms with E-state index in [1.54, 1.807) is 36.1 Å². The smallest absolute Gasteiger partial charge is 0.273 e. The predicted molar refractivity (Wildman–Crippen MR) is 106 cm³/mol. The summed E-state index contributed by atoms with van der Waals surface area (Å²) in [5.41, 5.74) is 1.32. The van der Waals surface area contributed by atoms with Crippen LogP contribution in [-0.2, 0) is 0 Å². The number of benzene rings is 2. The average molecular weight is 382 g/mol. The van der Waals surface area contributed by atoms with Crippen molar-refractivity contribution in [1.82, 2.24) is 9.80 Å². The molecule has 0 saturated carbocycles. The number of hydrogen-bond acceptors (Lipinski definition) is 5. The molecule has 1 fully saturated rings. The molecule has 8 heteroatoms. The first-order valence-electron chi connectivity index (χ1n) is 9.00. The molecule has 0 aromatic heterocycles. The Labute approximate surface area is 162 Å². The molecular weight excluding hydrogens is 360 g/mol. The number of aryl methyl sites for hydroxylation is 1. The monoisotopic (exact) mass is 382 g/mol. The van der Waals surface area contributed by atoms with Crippen LogP contribution in [0.1, 0.15) is 26.3 Å². The number of hydrogen-bond donors (Lipinski definition) is 1. The fourth-order valence-corrected chi connectivity index (χ4v) is 3.10. The Balaban J connectivity index is 1.82. The summed E-state index contributed by atoms with van der Waals surface area (Å²) in [6.07, 6.45) is 0. The SMILES string of the molecule is Cc1ccc(C(=O)Nc2ccccc2C(=O)N2CCN(C)CC2)cc1[N+](=O)[O-]. The first-order valence-corrected chi connectivity index (χ1v) is 9.00. The fraction of sp³-hybridized carbons (Fsp3) is 0.300. The van der Waals surface area contributed by atoms with Crippen LogP contribution in [0.25, 0.3) is 0 Å². The largest absolute Gasteiger partial charge is 0.336 e. The molecule has 1 heterocycles. The molecule has 0 atom stereocenters. The number of carbonyl (C=O) groups is 2. The third-order valence-corrected chi connectivity index (χ3v) is 4.86. The summed E-state index contributed by atoms with van der Waals surface area (Å²) >= 11 is 0. The topological polar surface area (TPSA) is 95.8 Å². The minimum atomic E-state index is -0.517. The van der Waals surface area contributed by atoms with E-state index in [1.165, 1.54) is 18.2 Å². The van der Waals surface area contributed by atoms with Crippen LogP contribution in [0.2, 0.25) is 0 Å². The molecule has 1 N–H and O–H groups in total. The van der Waals surface area contributed by atoms with E-state index in [0.717, 1.165) is 13.1 Å². The van der Waals surface area contributed by atoms with Crippen LogP contribution >= 0.6 is 0 Å². The van der Waals surface area contributed by atoms with Crippen molar-refractivity contribution in [1.29, 1.82) is 0 Å². The van der Waals surface area contributed by atoms with Gasteiger partial charge in [0, 0.05) is 43.4 Å². The Bertz CT molecular complexity index is 920. The van der Waals surface area contributed by atoms with Gasteiger partial charge >= 0.3 is 0 Å². The van der Waals surface area contributed by atoms with E-state index in [2.05, 4.69) is 10.2 Å². The van der Waals surface area contributed by atoms with E-state index >= 15 is 0 Å². The number of likely N-dealkylation sites (N-methyl/N-ethyl adjacent to an activating group) is 1. The van der Waals surface area contributed by atoms with Crippen molar-refractivity contribution in [3.8, 4) is 0 Å². The third-order valence-electron chi connectivity index (χ3n) is 4.86. The molecular formula is C20H22N4O4. The highest BCUT2D eigenvalue weighted by atomic mass is 16.6. The molecule has 3 rings (SSSR count). The normalized spacial score (nSPS) is 14.6. The molecule has 0 aliphatic carbocycles. The van der Waals surface area contributed by atoms with Gasteiger partial charge in [0.15, 0.2) is 0 Å². The van der Waals surface area contributed by atoms with Crippen molar-refractivity contribution in [2.45, 2.75) is 6.92 Å². The molecule has 146 valence electrons. The summed E-state index contributed by atoms with van der Waals surface area (Å²) in [7, 11) is 2.01. The van der Waals surface area contributed by atoms with E-state index in [0.29, 0.717) is 29.9 Å². The highest BCUT2D eigenvalue weighted by Crippen LogP contribution is 2.22. The van der Waals surface area contributed by atoms with E-state index in [1.807, 2.05) is 7.05 Å². The molecule has 2 aromatic rings. The van der Waals surface area contributed by atoms with E-state index in [4.69, 9.17) is 0 Å². The summed E-state index contributed by atoms with van der Waals surface area (Å²) < 4.78 is 0. The van der Waals surface area contributed by atoms with Crippen LogP contribution in [-0.4, -0.2) is 59.8 Å². The Morgan fingerprint density at radius 2 is 1.75 bits per heavy atom. The van der Waals surface area contributed by atoms with Gasteiger partial charge in [-0.15, -0.1) is 0 Å². The lowest BCUT2D eigenvalue weighted by Crippen LogP contribution is -2.47. The molecule has 0 spiro atoms. The van der Waals surface area contributed by atoms with Crippen molar-refractivity contribution >= 4 is 23.2 Å². The number of carbonyl (C=O) groups excluding carboxylic acids is 2. The number of amides is 2. The van der Waals surface area contributed by atoms with Crippen LogP contribution in [0.5, 0.6) is 0 Å². The maximum atomic E-state index is 12.9. The second kappa shape index (κ2) is 8.18. The van der Waals surface area contributed by atoms with Crippen LogP contribution in [0, 0.1) is 17.0 Å². The molecule has 1 aliphatic rings. The van der Waals surface area contributed by atoms with Gasteiger partial charge in [0.05, 0.1) is 16.2 Å². The Hall–Kier alpha value is -3.26. The van der Waals surface area contributed by atoms with Crippen LogP contribution in [0.15, 0.2) is 42.5 Å². The lowest BCUT2D eigenvalue weighted by Gasteiger charge is -2.32. The zero-order valence-electron chi connectivity index (χ0n) is 15.8. The zero-order chi connectivity index (χ0) is 20.3. The molecule has 28 heavy (non-hydrogen) atoms. The minimum Gasteiger partial charge on any atom is -0.336 e. The van der Waals surface area contributed by atoms with Crippen LogP contribution in [0.4, 0.5) is 11.4 Å². The lowest BCUT2D eigenvalue weighted by molar-refractivity contribution is -0.385. The Morgan fingerprint density at radius 3 is 2.43 bits per heavy atom. The fourth-order valence-electron chi connectivity index (χ4n) is 3.10. The number of anilines is 1. The number of nitrogens with one attached hydrogen (secondary N) is 1. The van der Waals surface area contributed by atoms with Gasteiger partial charge in [-0.1, -0.05) is 18.2 Å². The minimum absolute atomic E-state index is 0.116. The average Bonchev–Trinajstić information content (AvgIpc) is 2.68. The molecule has 0 bridgehead atoms. The third kappa shape index (κ3) is 4.17. The van der Waals surface area contributed by atoms with Gasteiger partial charge in [-0.25, -0.2) is 0 Å². The highest BCUT2D eigenvalue weighted by molar-refractivity contribution is 6.09. The standard InChI is InChI=1S/C20H22N4O4/c1-14-7-8-15(13-18(14)24(27)28)19(25)21-17-6-4-3-5-16(17)20(26)23-11-9-22(2)10-12-23/h3-8,13H,9-12H2,1-2H3,(H,21,25). The molecule has 0 unspecified atom stereocenters. The van der Waals surface area contributed by atoms with Crippen LogP contribution in [0.3, 0.4) is 0 Å². The Kier molecular flexibility index (Phi) is 5.70. The first-order chi connectivity index (χ1) is 13.4. The van der Waals surface area contributed by atoms with E-state index in [-0.39, 0.29) is 17.2 Å². The number of nitrogens with zero attached hydrogens (tertiary/aromatic N) is 3. The number of piperazine rings is 1. The van der Waals surface area contributed by atoms with Crippen molar-refractivity contribution in [2.24, 2.45) is 0 Å². The molecule has 8 nitrogen and oxygen atoms in total. The van der Waals surface area contributed by atoms with Gasteiger partial charge in [0.2, 0.25) is 0 Å². The number of nitro benzene ring substituents is 1. The maximum Gasteiger partial charge on any atom is 0.273 e. The van der Waals surface area contributed by atoms with Crippen molar-refractivity contribution in [3.63, 3.8) is 0 Å². The van der Waals surface area contributed by atoms with Gasteiger partial charge in [0.1, 0.15) is 0 Å². The summed E-state index contributed by atoms with van der Waals surface area (Å²) in [4.78, 5) is 40.0. The van der Waals surface area contributed by atoms with Gasteiger partial charge in [-0.3, -0.25) is 19.7 Å².